The number of hydrogen-bond donors (Lipinski definition) is 0. The number of rotatable bonds is 1. The summed E-state index contributed by atoms with van der Waals surface area (Å²) in [7, 11) is 0. The maximum Gasteiger partial charge on any atom is 0.0733 e. The lowest BCUT2D eigenvalue weighted by Crippen LogP contribution is -2.07. The normalized spacial score (nSPS) is 11.8. The first-order chi connectivity index (χ1) is 6.25. The average molecular weight is 170 g/mol. The third-order valence-electron chi connectivity index (χ3n) is 2.55. The molecule has 3 rings (SSSR count). The summed E-state index contributed by atoms with van der Waals surface area (Å²) < 4.78 is 2.01. The fourth-order valence-electron chi connectivity index (χ4n) is 1.82. The van der Waals surface area contributed by atoms with Gasteiger partial charge in [0.05, 0.1) is 11.4 Å². The zero-order valence-corrected chi connectivity index (χ0v) is 7.70. The van der Waals surface area contributed by atoms with E-state index in [4.69, 9.17) is 0 Å². The van der Waals surface area contributed by atoms with Crippen molar-refractivity contribution in [1.82, 2.24) is 9.78 Å². The van der Waals surface area contributed by atoms with Gasteiger partial charge < -0.3 is 0 Å². The van der Waals surface area contributed by atoms with E-state index in [1.807, 2.05) is 11.6 Å². The summed E-state index contributed by atoms with van der Waals surface area (Å²) in [6.07, 6.45) is 0. The Balaban J connectivity index is 2.18. The second kappa shape index (κ2) is 2.02. The molecule has 0 aliphatic heterocycles. The topological polar surface area (TPSA) is 17.8 Å². The lowest BCUT2D eigenvalue weighted by molar-refractivity contribution is 0.829. The molecule has 1 aromatic heterocycles. The first-order valence-electron chi connectivity index (χ1n) is 4.44. The van der Waals surface area contributed by atoms with E-state index in [1.54, 1.807) is 0 Å². The Morgan fingerprint density at radius 2 is 2.00 bits per heavy atom. The molecular weight excluding hydrogens is 160 g/mol. The van der Waals surface area contributed by atoms with Gasteiger partial charge in [0.2, 0.25) is 0 Å². The lowest BCUT2D eigenvalue weighted by atomic mass is 9.91. The molecule has 0 amide bonds. The summed E-state index contributed by atoms with van der Waals surface area (Å²) in [6, 6.07) is 8.54. The molecule has 13 heavy (non-hydrogen) atoms. The Bertz CT molecular complexity index is 495. The van der Waals surface area contributed by atoms with Gasteiger partial charge in [-0.05, 0) is 31.5 Å². The van der Waals surface area contributed by atoms with E-state index in [-0.39, 0.29) is 0 Å². The van der Waals surface area contributed by atoms with Crippen molar-refractivity contribution in [3.8, 4) is 16.8 Å². The van der Waals surface area contributed by atoms with Crippen LogP contribution in [0.5, 0.6) is 0 Å². The minimum atomic E-state index is 1.08. The molecule has 0 spiro atoms. The fourth-order valence-corrected chi connectivity index (χ4v) is 1.82. The molecule has 0 saturated heterocycles. The first-order valence-corrected chi connectivity index (χ1v) is 4.44. The summed E-state index contributed by atoms with van der Waals surface area (Å²) in [5, 5.41) is 4.43. The van der Waals surface area contributed by atoms with Crippen LogP contribution in [0.15, 0.2) is 24.3 Å². The van der Waals surface area contributed by atoms with Crippen LogP contribution in [-0.4, -0.2) is 9.78 Å². The molecule has 2 heteroatoms. The van der Waals surface area contributed by atoms with Crippen molar-refractivity contribution in [2.24, 2.45) is 0 Å². The van der Waals surface area contributed by atoms with Crippen LogP contribution in [-0.2, 0) is 0 Å². The highest BCUT2D eigenvalue weighted by molar-refractivity contribution is 5.87. The van der Waals surface area contributed by atoms with Crippen molar-refractivity contribution in [2.75, 3.05) is 0 Å². The second-order valence-corrected chi connectivity index (χ2v) is 3.57. The summed E-state index contributed by atoms with van der Waals surface area (Å²) in [5.41, 5.74) is 6.24. The molecule has 0 fully saturated rings. The first kappa shape index (κ1) is 6.89. The Morgan fingerprint density at radius 1 is 1.15 bits per heavy atom. The van der Waals surface area contributed by atoms with Gasteiger partial charge in [-0.2, -0.15) is 5.10 Å². The Hall–Kier alpha value is -1.57. The van der Waals surface area contributed by atoms with E-state index in [2.05, 4.69) is 36.3 Å². The SMILES string of the molecule is Cc1cc(C)n(-c2cc3ccc2-3)n1. The monoisotopic (exact) mass is 170 g/mol. The number of nitrogens with zero attached hydrogens (tertiary/aromatic N) is 2. The quantitative estimate of drug-likeness (QED) is 0.548. The molecule has 2 nitrogen and oxygen atoms in total. The van der Waals surface area contributed by atoms with Crippen LogP contribution < -0.4 is 0 Å². The molecule has 0 aromatic carbocycles. The average Bonchev–Trinajstić information content (AvgIpc) is 2.36. The van der Waals surface area contributed by atoms with Crippen molar-refractivity contribution in [3.05, 3.63) is 35.7 Å². The third-order valence-corrected chi connectivity index (χ3v) is 2.55. The van der Waals surface area contributed by atoms with Crippen molar-refractivity contribution in [1.29, 1.82) is 0 Å². The molecular formula is C11H10N2. The summed E-state index contributed by atoms with van der Waals surface area (Å²) >= 11 is 0. The van der Waals surface area contributed by atoms with E-state index >= 15 is 0 Å². The van der Waals surface area contributed by atoms with E-state index < -0.39 is 0 Å². The molecule has 1 heterocycles. The van der Waals surface area contributed by atoms with Gasteiger partial charge in [-0.1, -0.05) is 12.1 Å². The molecule has 0 N–H and O–H groups in total. The predicted octanol–water partition coefficient (Wildman–Crippen LogP) is 2.47. The van der Waals surface area contributed by atoms with Crippen molar-refractivity contribution in [3.63, 3.8) is 0 Å². The van der Waals surface area contributed by atoms with Crippen LogP contribution in [0.4, 0.5) is 0 Å². The maximum atomic E-state index is 4.43. The Kier molecular flexibility index (Phi) is 1.07. The van der Waals surface area contributed by atoms with Crippen LogP contribution in [0.25, 0.3) is 16.8 Å². The molecule has 0 bridgehead atoms. The van der Waals surface area contributed by atoms with Gasteiger partial charge >= 0.3 is 0 Å². The van der Waals surface area contributed by atoms with E-state index in [0.717, 1.165) is 5.69 Å². The van der Waals surface area contributed by atoms with E-state index in [9.17, 15) is 0 Å². The van der Waals surface area contributed by atoms with E-state index in [0.29, 0.717) is 0 Å². The van der Waals surface area contributed by atoms with Gasteiger partial charge in [0, 0.05) is 11.3 Å². The van der Waals surface area contributed by atoms with Gasteiger partial charge in [0.25, 0.3) is 0 Å². The predicted molar refractivity (Wildman–Crippen MR) is 52.0 cm³/mol. The van der Waals surface area contributed by atoms with Crippen molar-refractivity contribution < 1.29 is 0 Å². The summed E-state index contributed by atoms with van der Waals surface area (Å²) in [5.74, 6) is 0. The fraction of sp³-hybridized carbons (Fsp3) is 0.182. The summed E-state index contributed by atoms with van der Waals surface area (Å²) in [6.45, 7) is 4.11. The van der Waals surface area contributed by atoms with Gasteiger partial charge in [-0.15, -0.1) is 0 Å². The Morgan fingerprint density at radius 3 is 2.38 bits per heavy atom. The zero-order valence-electron chi connectivity index (χ0n) is 7.70. The molecule has 0 saturated carbocycles. The number of fused-ring (bicyclic) bond motifs is 1. The van der Waals surface area contributed by atoms with Crippen molar-refractivity contribution >= 4 is 0 Å². The van der Waals surface area contributed by atoms with Crippen LogP contribution in [0.1, 0.15) is 11.4 Å². The van der Waals surface area contributed by atoms with Gasteiger partial charge in [-0.3, -0.25) is 0 Å². The van der Waals surface area contributed by atoms with Crippen LogP contribution in [0, 0.1) is 13.8 Å². The standard InChI is InChI=1S/C11H10N2/c1-7-5-8(2)13(12-7)11-6-9-3-4-10(9)11/h3-6H,1-2H3. The van der Waals surface area contributed by atoms with Crippen LogP contribution in [0.2, 0.25) is 0 Å². The summed E-state index contributed by atoms with van der Waals surface area (Å²) in [4.78, 5) is 0. The number of hydrogen-bond acceptors (Lipinski definition) is 1. The molecule has 0 unspecified atom stereocenters. The lowest BCUT2D eigenvalue weighted by Gasteiger charge is -2.21. The molecule has 0 radical (unpaired) electrons. The largest absolute Gasteiger partial charge is 0.237 e. The van der Waals surface area contributed by atoms with Crippen LogP contribution in [0.3, 0.4) is 0 Å². The molecule has 1 aromatic rings. The molecule has 0 atom stereocenters. The van der Waals surface area contributed by atoms with Crippen LogP contribution >= 0.6 is 0 Å². The van der Waals surface area contributed by atoms with Gasteiger partial charge in [0.15, 0.2) is 0 Å². The number of aromatic nitrogens is 2. The minimum Gasteiger partial charge on any atom is -0.237 e. The maximum absolute atomic E-state index is 4.43. The smallest absolute Gasteiger partial charge is 0.0733 e. The number of benzene rings is 1. The van der Waals surface area contributed by atoms with E-state index in [1.165, 1.54) is 22.5 Å². The van der Waals surface area contributed by atoms with Gasteiger partial charge in [0.1, 0.15) is 0 Å². The zero-order chi connectivity index (χ0) is 9.00. The van der Waals surface area contributed by atoms with Gasteiger partial charge in [-0.25, -0.2) is 4.68 Å². The molecule has 64 valence electrons. The Labute approximate surface area is 76.8 Å². The third kappa shape index (κ3) is 0.750. The van der Waals surface area contributed by atoms with Crippen molar-refractivity contribution in [2.45, 2.75) is 13.8 Å². The minimum absolute atomic E-state index is 1.08. The highest BCUT2D eigenvalue weighted by atomic mass is 15.3. The highest BCUT2D eigenvalue weighted by Crippen LogP contribution is 2.39. The highest BCUT2D eigenvalue weighted by Gasteiger charge is 2.19. The number of aryl methyl sites for hydroxylation is 2. The second-order valence-electron chi connectivity index (χ2n) is 3.57. The molecule has 2 aliphatic rings. The molecule has 2 aliphatic carbocycles.